The Hall–Kier alpha value is -7.40. The Morgan fingerprint density at radius 1 is 0.379 bits per heavy atom. The normalized spacial score (nSPS) is 11.8. The first kappa shape index (κ1) is 32.8. The lowest BCUT2D eigenvalue weighted by Crippen LogP contribution is -2.10. The molecular weight excluding hydrogens is 725 g/mol. The molecule has 58 heavy (non-hydrogen) atoms. The van der Waals surface area contributed by atoms with Crippen molar-refractivity contribution in [3.8, 4) is 27.9 Å². The van der Waals surface area contributed by atoms with Crippen LogP contribution in [0.5, 0.6) is 0 Å². The van der Waals surface area contributed by atoms with Crippen LogP contribution in [-0.2, 0) is 0 Å². The minimum atomic E-state index is 0.903. The average Bonchev–Trinajstić information content (AvgIpc) is 3.97. The van der Waals surface area contributed by atoms with E-state index in [4.69, 9.17) is 4.42 Å². The molecule has 3 aromatic heterocycles. The third-order valence-electron chi connectivity index (χ3n) is 11.6. The molecule has 0 aliphatic rings. The lowest BCUT2D eigenvalue weighted by atomic mass is 10.0. The highest BCUT2D eigenvalue weighted by Gasteiger charge is 2.19. The van der Waals surface area contributed by atoms with E-state index >= 15 is 0 Å². The van der Waals surface area contributed by atoms with Gasteiger partial charge in [0.05, 0.1) is 21.4 Å². The maximum Gasteiger partial charge on any atom is 0.135 e. The quantitative estimate of drug-likeness (QED) is 0.168. The molecule has 4 heteroatoms. The van der Waals surface area contributed by atoms with Gasteiger partial charge in [-0.25, -0.2) is 0 Å². The van der Waals surface area contributed by atoms with Crippen molar-refractivity contribution < 1.29 is 4.42 Å². The monoisotopic (exact) mass is 758 g/mol. The van der Waals surface area contributed by atoms with Crippen LogP contribution in [-0.4, -0.2) is 4.57 Å². The zero-order valence-corrected chi connectivity index (χ0v) is 32.2. The fourth-order valence-electron chi connectivity index (χ4n) is 8.86. The standard InChI is InChI=1S/C54H34N2OS/c1-2-11-35(12-3-1)36-21-26-39(27-22-36)55(50-18-10-16-45-44-15-6-9-20-53(44)58-54(45)50)40-28-23-37(24-29-40)38-25-31-49-46(33-38)42-13-4-7-17-48(42)56(49)41-30-32-52-47(34-41)43-14-5-8-19-51(43)57-52/h1-34H. The third-order valence-corrected chi connectivity index (χ3v) is 12.8. The molecule has 12 rings (SSSR count). The number of benzene rings is 9. The predicted octanol–water partition coefficient (Wildman–Crippen LogP) is 15.9. The van der Waals surface area contributed by atoms with Crippen LogP contribution in [0.25, 0.3) is 91.9 Å². The van der Waals surface area contributed by atoms with Crippen LogP contribution in [0.4, 0.5) is 17.1 Å². The highest BCUT2D eigenvalue weighted by atomic mass is 32.1. The van der Waals surface area contributed by atoms with Gasteiger partial charge in [0.25, 0.3) is 0 Å². The number of para-hydroxylation sites is 2. The zero-order chi connectivity index (χ0) is 38.2. The van der Waals surface area contributed by atoms with Gasteiger partial charge in [-0.2, -0.15) is 0 Å². The summed E-state index contributed by atoms with van der Waals surface area (Å²) < 4.78 is 11.1. The van der Waals surface area contributed by atoms with Crippen molar-refractivity contribution >= 4 is 92.3 Å². The summed E-state index contributed by atoms with van der Waals surface area (Å²) in [5, 5.41) is 7.30. The van der Waals surface area contributed by atoms with Crippen LogP contribution in [0.2, 0.25) is 0 Å². The molecule has 3 heterocycles. The van der Waals surface area contributed by atoms with Crippen LogP contribution in [0.1, 0.15) is 0 Å². The minimum absolute atomic E-state index is 0.903. The van der Waals surface area contributed by atoms with Gasteiger partial charge < -0.3 is 13.9 Å². The lowest BCUT2D eigenvalue weighted by Gasteiger charge is -2.26. The molecule has 12 aromatic rings. The molecule has 272 valence electrons. The summed E-state index contributed by atoms with van der Waals surface area (Å²) >= 11 is 1.86. The molecule has 9 aromatic carbocycles. The molecule has 0 spiro atoms. The summed E-state index contributed by atoms with van der Waals surface area (Å²) in [6.45, 7) is 0. The summed E-state index contributed by atoms with van der Waals surface area (Å²) in [7, 11) is 0. The van der Waals surface area contributed by atoms with Gasteiger partial charge in [-0.05, 0) is 101 Å². The molecular formula is C54H34N2OS. The number of aromatic nitrogens is 1. The van der Waals surface area contributed by atoms with E-state index in [1.807, 2.05) is 23.5 Å². The Labute approximate surface area is 338 Å². The molecule has 0 atom stereocenters. The number of fused-ring (bicyclic) bond motifs is 9. The summed E-state index contributed by atoms with van der Waals surface area (Å²) in [6.07, 6.45) is 0. The van der Waals surface area contributed by atoms with Crippen LogP contribution in [0.3, 0.4) is 0 Å². The molecule has 0 saturated heterocycles. The van der Waals surface area contributed by atoms with Gasteiger partial charge in [0.1, 0.15) is 11.2 Å². The van der Waals surface area contributed by atoms with E-state index in [0.717, 1.165) is 39.0 Å². The van der Waals surface area contributed by atoms with Crippen LogP contribution >= 0.6 is 11.3 Å². The van der Waals surface area contributed by atoms with Crippen LogP contribution in [0.15, 0.2) is 211 Å². The maximum atomic E-state index is 6.18. The third kappa shape index (κ3) is 5.19. The Morgan fingerprint density at radius 2 is 0.983 bits per heavy atom. The molecule has 3 nitrogen and oxygen atoms in total. The Bertz CT molecular complexity index is 3500. The Kier molecular flexibility index (Phi) is 7.40. The average molecular weight is 759 g/mol. The van der Waals surface area contributed by atoms with Gasteiger partial charge in [-0.1, -0.05) is 127 Å². The van der Waals surface area contributed by atoms with E-state index in [1.165, 1.54) is 69.9 Å². The second-order valence-electron chi connectivity index (χ2n) is 14.9. The molecule has 0 amide bonds. The molecule has 0 aliphatic carbocycles. The second-order valence-corrected chi connectivity index (χ2v) is 16.0. The van der Waals surface area contributed by atoms with Gasteiger partial charge in [-0.15, -0.1) is 11.3 Å². The van der Waals surface area contributed by atoms with Gasteiger partial charge >= 0.3 is 0 Å². The topological polar surface area (TPSA) is 21.3 Å². The number of rotatable bonds is 6. The summed E-state index contributed by atoms with van der Waals surface area (Å²) in [5.74, 6) is 0. The lowest BCUT2D eigenvalue weighted by molar-refractivity contribution is 0.669. The first-order valence-corrected chi connectivity index (χ1v) is 20.5. The zero-order valence-electron chi connectivity index (χ0n) is 31.3. The van der Waals surface area contributed by atoms with Crippen molar-refractivity contribution in [1.29, 1.82) is 0 Å². The minimum Gasteiger partial charge on any atom is -0.456 e. The van der Waals surface area contributed by atoms with Gasteiger partial charge in [0.2, 0.25) is 0 Å². The van der Waals surface area contributed by atoms with Crippen molar-refractivity contribution in [2.45, 2.75) is 0 Å². The molecule has 0 bridgehead atoms. The molecule has 0 radical (unpaired) electrons. The summed E-state index contributed by atoms with van der Waals surface area (Å²) in [4.78, 5) is 2.41. The molecule has 0 N–H and O–H groups in total. The van der Waals surface area contributed by atoms with Crippen molar-refractivity contribution in [1.82, 2.24) is 4.57 Å². The van der Waals surface area contributed by atoms with Gasteiger partial charge in [0.15, 0.2) is 0 Å². The number of anilines is 3. The van der Waals surface area contributed by atoms with Gasteiger partial charge in [-0.3, -0.25) is 0 Å². The van der Waals surface area contributed by atoms with E-state index in [9.17, 15) is 0 Å². The SMILES string of the molecule is c1ccc(-c2ccc(N(c3ccc(-c4ccc5c(c4)c4ccccc4n5-c4ccc5oc6ccccc6c5c4)cc3)c3cccc4c3sc3ccccc34)cc2)cc1. The van der Waals surface area contributed by atoms with Crippen molar-refractivity contribution in [2.75, 3.05) is 4.90 Å². The van der Waals surface area contributed by atoms with Crippen LogP contribution in [0, 0.1) is 0 Å². The van der Waals surface area contributed by atoms with Crippen LogP contribution < -0.4 is 4.90 Å². The van der Waals surface area contributed by atoms with Crippen molar-refractivity contribution in [3.05, 3.63) is 206 Å². The number of hydrogen-bond donors (Lipinski definition) is 0. The highest BCUT2D eigenvalue weighted by Crippen LogP contribution is 2.45. The molecule has 0 unspecified atom stereocenters. The van der Waals surface area contributed by atoms with E-state index in [2.05, 4.69) is 204 Å². The summed E-state index contributed by atoms with van der Waals surface area (Å²) in [5.41, 5.74) is 13.5. The first-order chi connectivity index (χ1) is 28.7. The number of hydrogen-bond acceptors (Lipinski definition) is 3. The van der Waals surface area contributed by atoms with E-state index in [-0.39, 0.29) is 0 Å². The van der Waals surface area contributed by atoms with Crippen molar-refractivity contribution in [2.24, 2.45) is 0 Å². The largest absolute Gasteiger partial charge is 0.456 e. The Morgan fingerprint density at radius 3 is 1.79 bits per heavy atom. The second kappa shape index (κ2) is 13.1. The van der Waals surface area contributed by atoms with E-state index in [0.29, 0.717) is 0 Å². The molecule has 0 saturated carbocycles. The van der Waals surface area contributed by atoms with Gasteiger partial charge in [0, 0.05) is 54.1 Å². The fourth-order valence-corrected chi connectivity index (χ4v) is 10.1. The number of thiophene rings is 1. The number of nitrogens with zero attached hydrogens (tertiary/aromatic N) is 2. The first-order valence-electron chi connectivity index (χ1n) is 19.7. The molecule has 0 aliphatic heterocycles. The van der Waals surface area contributed by atoms with E-state index < -0.39 is 0 Å². The molecule has 0 fully saturated rings. The smallest absolute Gasteiger partial charge is 0.135 e. The predicted molar refractivity (Wildman–Crippen MR) is 247 cm³/mol. The highest BCUT2D eigenvalue weighted by molar-refractivity contribution is 7.26. The summed E-state index contributed by atoms with van der Waals surface area (Å²) in [6, 6.07) is 74.5. The maximum absolute atomic E-state index is 6.18. The van der Waals surface area contributed by atoms with Crippen molar-refractivity contribution in [3.63, 3.8) is 0 Å². The fraction of sp³-hybridized carbons (Fsp3) is 0. The Balaban J connectivity index is 0.968. The number of furan rings is 1. The van der Waals surface area contributed by atoms with E-state index in [1.54, 1.807) is 0 Å².